The summed E-state index contributed by atoms with van der Waals surface area (Å²) in [6.07, 6.45) is 8.31. The minimum Gasteiger partial charge on any atom is -1.00 e. The number of nitrogens with zero attached hydrogens (tertiary/aromatic N) is 1. The van der Waals surface area contributed by atoms with Gasteiger partial charge in [0, 0.05) is 31.3 Å². The van der Waals surface area contributed by atoms with Gasteiger partial charge in [-0.1, -0.05) is 39.6 Å². The van der Waals surface area contributed by atoms with E-state index in [0.717, 1.165) is 5.76 Å². The van der Waals surface area contributed by atoms with Gasteiger partial charge in [0.05, 0.1) is 7.11 Å². The van der Waals surface area contributed by atoms with Crippen LogP contribution in [0.4, 0.5) is 0 Å². The van der Waals surface area contributed by atoms with Gasteiger partial charge in [0.25, 0.3) is 0 Å². The molecule has 1 heterocycles. The van der Waals surface area contributed by atoms with Crippen molar-refractivity contribution in [3.8, 4) is 0 Å². The Kier molecular flexibility index (Phi) is 6.57. The third kappa shape index (κ3) is 3.31. The molecule has 1 radical (unpaired) electrons. The van der Waals surface area contributed by atoms with Gasteiger partial charge in [-0.2, -0.15) is 0 Å². The maximum atomic E-state index is 5.33. The number of rotatable bonds is 2. The first-order valence-electron chi connectivity index (χ1n) is 6.34. The van der Waals surface area contributed by atoms with Gasteiger partial charge in [0.15, 0.2) is 8.24 Å². The van der Waals surface area contributed by atoms with Crippen LogP contribution in [0.5, 0.6) is 0 Å². The van der Waals surface area contributed by atoms with Gasteiger partial charge in [-0.25, -0.2) is 0 Å². The van der Waals surface area contributed by atoms with Gasteiger partial charge in [-0.15, -0.1) is 0 Å². The maximum absolute atomic E-state index is 5.33. The molecule has 2 aliphatic rings. The summed E-state index contributed by atoms with van der Waals surface area (Å²) in [5.74, 6) is 0.912. The summed E-state index contributed by atoms with van der Waals surface area (Å²) >= 11 is 0. The molecule has 0 aromatic carbocycles. The van der Waals surface area contributed by atoms with Crippen LogP contribution in [-0.4, -0.2) is 19.9 Å². The molecule has 2 rings (SSSR count). The normalized spacial score (nSPS) is 17.8. The summed E-state index contributed by atoms with van der Waals surface area (Å²) in [5, 5.41) is 0.301. The molecule has 0 aromatic heterocycles. The summed E-state index contributed by atoms with van der Waals surface area (Å²) in [6.45, 7) is 11.8. The number of hydrogen-bond acceptors (Lipinski definition) is 2. The fourth-order valence-corrected chi connectivity index (χ4v) is 3.88. The zero-order valence-corrected chi connectivity index (χ0v) is 18.0. The molecule has 1 aliphatic carbocycles. The number of halogens is 1. The molecule has 0 saturated heterocycles. The van der Waals surface area contributed by atoms with Crippen LogP contribution < -0.4 is 12.4 Å². The van der Waals surface area contributed by atoms with E-state index in [-0.39, 0.29) is 31.9 Å². The Balaban J connectivity index is 0.00000180. The maximum Gasteiger partial charge on any atom is 0.157 e. The molecule has 107 valence electrons. The van der Waals surface area contributed by atoms with Gasteiger partial charge >= 0.3 is 0 Å². The van der Waals surface area contributed by atoms with Crippen LogP contribution in [0.2, 0.25) is 18.1 Å². The molecule has 0 amide bonds. The van der Waals surface area contributed by atoms with E-state index in [4.69, 9.17) is 4.74 Å². The van der Waals surface area contributed by atoms with E-state index >= 15 is 0 Å². The third-order valence-corrected chi connectivity index (χ3v) is 9.50. The van der Waals surface area contributed by atoms with Crippen LogP contribution in [0.25, 0.3) is 0 Å². The first-order valence-corrected chi connectivity index (χ1v) is 9.29. The van der Waals surface area contributed by atoms with E-state index < -0.39 is 8.24 Å². The van der Waals surface area contributed by atoms with E-state index in [1.807, 2.05) is 6.08 Å². The van der Waals surface area contributed by atoms with Crippen LogP contribution in [0.15, 0.2) is 41.5 Å². The van der Waals surface area contributed by atoms with Crippen molar-refractivity contribution in [2.24, 2.45) is 0 Å². The zero-order chi connectivity index (χ0) is 13.6. The largest absolute Gasteiger partial charge is 1.00 e. The van der Waals surface area contributed by atoms with Crippen LogP contribution >= 0.6 is 0 Å². The number of methoxy groups -OCH3 is 1. The van der Waals surface area contributed by atoms with Gasteiger partial charge in [0.1, 0.15) is 11.8 Å². The minimum absolute atomic E-state index is 0. The fourth-order valence-electron chi connectivity index (χ4n) is 1.99. The Morgan fingerprint density at radius 2 is 1.80 bits per heavy atom. The Hall–Kier alpha value is -0.270. The standard InChI is InChI=1S/C15H22NOSi.ClH.Zn/c1-15(2,3)18(5,6)16-10-9-12-7-8-13(17-4)11-14(12)16;;/h7-8,10-11H,1-6H3;1H;/p-1. The van der Waals surface area contributed by atoms with E-state index in [2.05, 4.69) is 62.5 Å². The Morgan fingerprint density at radius 1 is 1.20 bits per heavy atom. The van der Waals surface area contributed by atoms with Crippen molar-refractivity contribution in [3.05, 3.63) is 47.5 Å². The molecule has 0 unspecified atom stereocenters. The second-order valence-electron chi connectivity index (χ2n) is 6.34. The predicted molar refractivity (Wildman–Crippen MR) is 78.1 cm³/mol. The molecule has 0 fully saturated rings. The predicted octanol–water partition coefficient (Wildman–Crippen LogP) is 0.980. The number of allylic oxidation sites excluding steroid dienone is 1. The minimum atomic E-state index is -1.60. The zero-order valence-electron chi connectivity index (χ0n) is 13.2. The molecule has 0 atom stereocenters. The van der Waals surface area contributed by atoms with Crippen molar-refractivity contribution in [1.82, 2.24) is 4.57 Å². The van der Waals surface area contributed by atoms with E-state index in [9.17, 15) is 0 Å². The summed E-state index contributed by atoms with van der Waals surface area (Å²) in [7, 11) is 0.114. The fraction of sp³-hybridized carbons (Fsp3) is 0.467. The van der Waals surface area contributed by atoms with Crippen molar-refractivity contribution in [2.75, 3.05) is 7.11 Å². The molecule has 0 aromatic rings. The van der Waals surface area contributed by atoms with Gasteiger partial charge in [-0.3, -0.25) is 0 Å². The van der Waals surface area contributed by atoms with Crippen LogP contribution in [0.3, 0.4) is 0 Å². The Morgan fingerprint density at radius 3 is 2.30 bits per heavy atom. The van der Waals surface area contributed by atoms with Crippen LogP contribution in [-0.2, 0) is 24.2 Å². The first kappa shape index (κ1) is 19.7. The quantitative estimate of drug-likeness (QED) is 0.537. The number of hydrogen-bond donors (Lipinski definition) is 0. The van der Waals surface area contributed by atoms with Gasteiger partial charge < -0.3 is 21.7 Å². The monoisotopic (exact) mass is 359 g/mol. The van der Waals surface area contributed by atoms with Crippen molar-refractivity contribution in [2.45, 2.75) is 38.9 Å². The molecule has 5 heteroatoms. The Bertz CT molecular complexity index is 485. The summed E-state index contributed by atoms with van der Waals surface area (Å²) in [5.41, 5.74) is 4.53. The number of fused-ring (bicyclic) bond motifs is 1. The molecular formula is C15H22ClNOSiZn-. The summed E-state index contributed by atoms with van der Waals surface area (Å²) < 4.78 is 7.77. The molecule has 0 saturated carbocycles. The van der Waals surface area contributed by atoms with Gasteiger partial charge in [-0.05, 0) is 23.3 Å². The van der Waals surface area contributed by atoms with E-state index in [1.54, 1.807) is 7.11 Å². The number of ether oxygens (including phenoxy) is 1. The van der Waals surface area contributed by atoms with Crippen molar-refractivity contribution < 1.29 is 36.6 Å². The molecule has 2 nitrogen and oxygen atoms in total. The topological polar surface area (TPSA) is 12.5 Å². The van der Waals surface area contributed by atoms with Crippen molar-refractivity contribution >= 4 is 8.24 Å². The average Bonchev–Trinajstić information content (AvgIpc) is 2.70. The van der Waals surface area contributed by atoms with E-state index in [1.165, 1.54) is 11.6 Å². The summed E-state index contributed by atoms with van der Waals surface area (Å²) in [6, 6.07) is 1.24. The second kappa shape index (κ2) is 6.66. The molecule has 0 spiro atoms. The van der Waals surface area contributed by atoms with Crippen LogP contribution in [0.1, 0.15) is 20.8 Å². The SMILES string of the molecule is COC1=C[C]2C(=C=CN2[Si](C)(C)C(C)(C)C)C=C1.[Cl-].[Zn]. The second-order valence-corrected chi connectivity index (χ2v) is 11.4. The molecule has 0 N–H and O–H groups in total. The van der Waals surface area contributed by atoms with E-state index in [0.29, 0.717) is 5.04 Å². The summed E-state index contributed by atoms with van der Waals surface area (Å²) in [4.78, 5) is 0. The molecule has 0 bridgehead atoms. The molecule has 1 aliphatic heterocycles. The van der Waals surface area contributed by atoms with Crippen molar-refractivity contribution in [3.63, 3.8) is 0 Å². The van der Waals surface area contributed by atoms with Crippen LogP contribution in [0, 0.1) is 6.04 Å². The van der Waals surface area contributed by atoms with Crippen molar-refractivity contribution in [1.29, 1.82) is 0 Å². The Labute approximate surface area is 142 Å². The molecule has 20 heavy (non-hydrogen) atoms. The van der Waals surface area contributed by atoms with Gasteiger partial charge in [0.2, 0.25) is 0 Å². The first-order chi connectivity index (χ1) is 8.27. The average molecular weight is 361 g/mol. The third-order valence-electron chi connectivity index (χ3n) is 4.25. The smallest absolute Gasteiger partial charge is 0.157 e. The molecular weight excluding hydrogens is 339 g/mol.